The number of hydrogen-bond acceptors (Lipinski definition) is 2. The number of halogens is 1. The lowest BCUT2D eigenvalue weighted by atomic mass is 9.76. The molecule has 21 heavy (non-hydrogen) atoms. The maximum atomic E-state index is 6.07. The molecule has 0 unspecified atom stereocenters. The molecule has 1 aromatic rings. The molecule has 1 aliphatic carbocycles. The first kappa shape index (κ1) is 15.3. The summed E-state index contributed by atoms with van der Waals surface area (Å²) in [4.78, 5) is 2.63. The van der Waals surface area contributed by atoms with E-state index in [1.54, 1.807) is 0 Å². The lowest BCUT2D eigenvalue weighted by Crippen LogP contribution is -2.43. The van der Waals surface area contributed by atoms with Gasteiger partial charge in [-0.3, -0.25) is 0 Å². The molecule has 0 radical (unpaired) electrons. The minimum absolute atomic E-state index is 0.708. The van der Waals surface area contributed by atoms with E-state index >= 15 is 0 Å². The second kappa shape index (κ2) is 7.62. The Bertz CT molecular complexity index is 435. The molecule has 3 heteroatoms. The first-order valence-electron chi connectivity index (χ1n) is 8.52. The van der Waals surface area contributed by atoms with Crippen molar-refractivity contribution in [2.45, 2.75) is 50.5 Å². The van der Waals surface area contributed by atoms with Crippen molar-refractivity contribution in [2.24, 2.45) is 0 Å². The van der Waals surface area contributed by atoms with Gasteiger partial charge in [-0.2, -0.15) is 0 Å². The Morgan fingerprint density at radius 2 is 1.86 bits per heavy atom. The largest absolute Gasteiger partial charge is 0.313 e. The van der Waals surface area contributed by atoms with Crippen molar-refractivity contribution in [1.82, 2.24) is 10.2 Å². The van der Waals surface area contributed by atoms with Crippen LogP contribution in [0.3, 0.4) is 0 Å². The summed E-state index contributed by atoms with van der Waals surface area (Å²) < 4.78 is 0. The lowest BCUT2D eigenvalue weighted by Gasteiger charge is -2.37. The quantitative estimate of drug-likeness (QED) is 0.883. The third kappa shape index (κ3) is 4.45. The van der Waals surface area contributed by atoms with Crippen molar-refractivity contribution in [2.75, 3.05) is 26.2 Å². The van der Waals surface area contributed by atoms with E-state index in [4.69, 9.17) is 11.6 Å². The molecule has 3 rings (SSSR count). The van der Waals surface area contributed by atoms with E-state index < -0.39 is 0 Å². The van der Waals surface area contributed by atoms with Crippen LogP contribution >= 0.6 is 11.6 Å². The highest BCUT2D eigenvalue weighted by atomic mass is 35.5. The van der Waals surface area contributed by atoms with Gasteiger partial charge in [0.2, 0.25) is 0 Å². The monoisotopic (exact) mass is 306 g/mol. The predicted octanol–water partition coefficient (Wildman–Crippen LogP) is 4.05. The van der Waals surface area contributed by atoms with Gasteiger partial charge in [-0.1, -0.05) is 36.6 Å². The zero-order chi connectivity index (χ0) is 14.5. The molecule has 0 atom stereocenters. The highest BCUT2D eigenvalue weighted by Gasteiger charge is 2.29. The number of benzene rings is 1. The van der Waals surface area contributed by atoms with Crippen LogP contribution in [-0.2, 0) is 0 Å². The summed E-state index contributed by atoms with van der Waals surface area (Å²) in [5, 5.41) is 4.59. The summed E-state index contributed by atoms with van der Waals surface area (Å²) in [6.45, 7) is 4.97. The van der Waals surface area contributed by atoms with Gasteiger partial charge in [-0.15, -0.1) is 0 Å². The second-order valence-electron chi connectivity index (χ2n) is 6.63. The molecule has 2 nitrogen and oxygen atoms in total. The second-order valence-corrected chi connectivity index (χ2v) is 7.07. The average Bonchev–Trinajstić information content (AvgIpc) is 2.70. The molecule has 1 N–H and O–H groups in total. The molecule has 1 saturated carbocycles. The SMILES string of the molecule is Clc1cccc(C2CC(NCCN3CCCCCC3)C2)c1. The Morgan fingerprint density at radius 3 is 2.57 bits per heavy atom. The van der Waals surface area contributed by atoms with Gasteiger partial charge in [0.15, 0.2) is 0 Å². The molecular weight excluding hydrogens is 280 g/mol. The normalized spacial score (nSPS) is 27.1. The molecule has 2 aliphatic rings. The molecule has 0 spiro atoms. The van der Waals surface area contributed by atoms with E-state index in [1.807, 2.05) is 6.07 Å². The summed E-state index contributed by atoms with van der Waals surface area (Å²) in [6, 6.07) is 9.07. The van der Waals surface area contributed by atoms with Crippen molar-refractivity contribution >= 4 is 11.6 Å². The Morgan fingerprint density at radius 1 is 1.10 bits per heavy atom. The minimum atomic E-state index is 0.708. The average molecular weight is 307 g/mol. The van der Waals surface area contributed by atoms with Crippen LogP contribution in [0.1, 0.15) is 50.0 Å². The fourth-order valence-corrected chi connectivity index (χ4v) is 3.80. The van der Waals surface area contributed by atoms with E-state index in [9.17, 15) is 0 Å². The summed E-state index contributed by atoms with van der Waals surface area (Å²) in [5.74, 6) is 0.708. The number of rotatable bonds is 5. The Kier molecular flexibility index (Phi) is 5.56. The van der Waals surface area contributed by atoms with E-state index in [0.717, 1.165) is 11.6 Å². The van der Waals surface area contributed by atoms with E-state index in [-0.39, 0.29) is 0 Å². The number of likely N-dealkylation sites (tertiary alicyclic amines) is 1. The van der Waals surface area contributed by atoms with Crippen molar-refractivity contribution in [1.29, 1.82) is 0 Å². The van der Waals surface area contributed by atoms with Gasteiger partial charge in [-0.05, 0) is 62.4 Å². The molecule has 1 aliphatic heterocycles. The fraction of sp³-hybridized carbons (Fsp3) is 0.667. The third-order valence-corrected chi connectivity index (χ3v) is 5.25. The summed E-state index contributed by atoms with van der Waals surface area (Å²) in [6.07, 6.45) is 8.16. The molecule has 1 heterocycles. The molecule has 1 aromatic carbocycles. The maximum absolute atomic E-state index is 6.07. The molecule has 116 valence electrons. The van der Waals surface area contributed by atoms with Gasteiger partial charge in [0, 0.05) is 24.2 Å². The number of nitrogens with one attached hydrogen (secondary N) is 1. The van der Waals surface area contributed by atoms with Crippen molar-refractivity contribution < 1.29 is 0 Å². The molecule has 2 fully saturated rings. The lowest BCUT2D eigenvalue weighted by molar-refractivity contribution is 0.248. The van der Waals surface area contributed by atoms with Crippen LogP contribution < -0.4 is 5.32 Å². The van der Waals surface area contributed by atoms with Gasteiger partial charge >= 0.3 is 0 Å². The first-order chi connectivity index (χ1) is 10.3. The van der Waals surface area contributed by atoms with E-state index in [1.165, 1.54) is 63.7 Å². The third-order valence-electron chi connectivity index (χ3n) is 5.02. The zero-order valence-electron chi connectivity index (χ0n) is 12.9. The standard InChI is InChI=1S/C18H27ClN2/c19-17-7-5-6-15(12-17)16-13-18(14-16)20-8-11-21-9-3-1-2-4-10-21/h5-7,12,16,18,20H,1-4,8-11,13-14H2. The van der Waals surface area contributed by atoms with Crippen LogP contribution in [0.25, 0.3) is 0 Å². The van der Waals surface area contributed by atoms with Crippen LogP contribution in [0.4, 0.5) is 0 Å². The molecule has 1 saturated heterocycles. The number of nitrogens with zero attached hydrogens (tertiary/aromatic N) is 1. The van der Waals surface area contributed by atoms with Crippen molar-refractivity contribution in [3.05, 3.63) is 34.9 Å². The minimum Gasteiger partial charge on any atom is -0.313 e. The van der Waals surface area contributed by atoms with Crippen LogP contribution in [0.5, 0.6) is 0 Å². The zero-order valence-corrected chi connectivity index (χ0v) is 13.6. The van der Waals surface area contributed by atoms with Crippen LogP contribution in [0.2, 0.25) is 5.02 Å². The maximum Gasteiger partial charge on any atom is 0.0408 e. The fourth-order valence-electron chi connectivity index (χ4n) is 3.60. The molecule has 0 aromatic heterocycles. The van der Waals surface area contributed by atoms with Gasteiger partial charge in [0.1, 0.15) is 0 Å². The highest BCUT2D eigenvalue weighted by Crippen LogP contribution is 2.37. The molecule has 0 bridgehead atoms. The Balaban J connectivity index is 1.33. The van der Waals surface area contributed by atoms with E-state index in [0.29, 0.717) is 12.0 Å². The molecule has 0 amide bonds. The first-order valence-corrected chi connectivity index (χ1v) is 8.90. The molecular formula is C18H27ClN2. The topological polar surface area (TPSA) is 15.3 Å². The van der Waals surface area contributed by atoms with Gasteiger partial charge in [0.05, 0.1) is 0 Å². The summed E-state index contributed by atoms with van der Waals surface area (Å²) in [5.41, 5.74) is 1.41. The highest BCUT2D eigenvalue weighted by molar-refractivity contribution is 6.30. The van der Waals surface area contributed by atoms with Crippen molar-refractivity contribution in [3.63, 3.8) is 0 Å². The van der Waals surface area contributed by atoms with Gasteiger partial charge in [-0.25, -0.2) is 0 Å². The van der Waals surface area contributed by atoms with E-state index in [2.05, 4.69) is 28.4 Å². The van der Waals surface area contributed by atoms with Crippen LogP contribution in [0.15, 0.2) is 24.3 Å². The smallest absolute Gasteiger partial charge is 0.0408 e. The summed E-state index contributed by atoms with van der Waals surface area (Å²) in [7, 11) is 0. The Hall–Kier alpha value is -0.570. The van der Waals surface area contributed by atoms with Gasteiger partial charge in [0.25, 0.3) is 0 Å². The summed E-state index contributed by atoms with van der Waals surface area (Å²) >= 11 is 6.07. The number of hydrogen-bond donors (Lipinski definition) is 1. The van der Waals surface area contributed by atoms with Crippen molar-refractivity contribution in [3.8, 4) is 0 Å². The van der Waals surface area contributed by atoms with Crippen LogP contribution in [0, 0.1) is 0 Å². The predicted molar refractivity (Wildman–Crippen MR) is 90.1 cm³/mol. The Labute approximate surface area is 133 Å². The van der Waals surface area contributed by atoms with Gasteiger partial charge < -0.3 is 10.2 Å². The van der Waals surface area contributed by atoms with Crippen LogP contribution in [-0.4, -0.2) is 37.1 Å².